The highest BCUT2D eigenvalue weighted by molar-refractivity contribution is 5.66. The number of benzene rings is 3. The summed E-state index contributed by atoms with van der Waals surface area (Å²) in [7, 11) is 0. The topological polar surface area (TPSA) is 9.23 Å². The molecule has 1 fully saturated rings. The Balaban J connectivity index is 1.63. The molecule has 1 heterocycles. The Labute approximate surface area is 193 Å². The molecule has 2 atom stereocenters. The van der Waals surface area contributed by atoms with Crippen LogP contribution in [-0.2, 0) is 11.2 Å². The van der Waals surface area contributed by atoms with Crippen LogP contribution in [0.15, 0.2) is 36.4 Å². The molecular formula is C27H20F6O. The molecule has 3 aromatic carbocycles. The summed E-state index contributed by atoms with van der Waals surface area (Å²) < 4.78 is 92.5. The van der Waals surface area contributed by atoms with E-state index in [1.54, 1.807) is 0 Å². The van der Waals surface area contributed by atoms with E-state index in [1.807, 2.05) is 0 Å². The molecule has 0 bridgehead atoms. The molecule has 0 N–H and O–H groups in total. The van der Waals surface area contributed by atoms with E-state index in [1.165, 1.54) is 6.92 Å². The monoisotopic (exact) mass is 474 g/mol. The average molecular weight is 474 g/mol. The first kappa shape index (κ1) is 23.9. The van der Waals surface area contributed by atoms with Gasteiger partial charge in [0.2, 0.25) is 0 Å². The summed E-state index contributed by atoms with van der Waals surface area (Å²) in [6, 6.07) is 5.75. The molecule has 0 radical (unpaired) electrons. The summed E-state index contributed by atoms with van der Waals surface area (Å²) in [6.45, 7) is 1.52. The van der Waals surface area contributed by atoms with Crippen molar-refractivity contribution in [2.24, 2.45) is 5.92 Å². The molecule has 4 rings (SSSR count). The maximum Gasteiger partial charge on any atom is 0.134 e. The van der Waals surface area contributed by atoms with E-state index in [2.05, 4.69) is 5.92 Å². The first-order chi connectivity index (χ1) is 16.2. The minimum atomic E-state index is -1.09. The van der Waals surface area contributed by atoms with Crippen LogP contribution in [0.1, 0.15) is 41.2 Å². The van der Waals surface area contributed by atoms with Crippen LogP contribution >= 0.6 is 0 Å². The van der Waals surface area contributed by atoms with Gasteiger partial charge in [-0.2, -0.15) is 0 Å². The molecule has 3 aromatic rings. The highest BCUT2D eigenvalue weighted by Crippen LogP contribution is 2.36. The van der Waals surface area contributed by atoms with Crippen molar-refractivity contribution in [3.05, 3.63) is 93.6 Å². The van der Waals surface area contributed by atoms with E-state index in [-0.39, 0.29) is 34.8 Å². The molecular weight excluding hydrogens is 454 g/mol. The third-order valence-electron chi connectivity index (χ3n) is 6.10. The Morgan fingerprint density at radius 2 is 1.41 bits per heavy atom. The fourth-order valence-electron chi connectivity index (χ4n) is 4.12. The van der Waals surface area contributed by atoms with Crippen LogP contribution in [0.5, 0.6) is 0 Å². The molecule has 1 nitrogen and oxygen atoms in total. The highest BCUT2D eigenvalue weighted by Gasteiger charge is 2.25. The Kier molecular flexibility index (Phi) is 6.72. The SMILES string of the molecule is C#CC1CCC(c2cc(F)c(-c3cc(F)c(Cc4cc(F)c(C)c(F)c4)c(F)c3)c(F)c2)OC1. The zero-order chi connectivity index (χ0) is 24.6. The predicted molar refractivity (Wildman–Crippen MR) is 116 cm³/mol. The molecule has 1 saturated heterocycles. The van der Waals surface area contributed by atoms with Crippen molar-refractivity contribution in [2.45, 2.75) is 32.3 Å². The van der Waals surface area contributed by atoms with Gasteiger partial charge in [-0.3, -0.25) is 0 Å². The lowest BCUT2D eigenvalue weighted by atomic mass is 9.93. The number of halogens is 6. The van der Waals surface area contributed by atoms with E-state index < -0.39 is 58.6 Å². The van der Waals surface area contributed by atoms with Crippen molar-refractivity contribution < 1.29 is 31.1 Å². The Bertz CT molecular complexity index is 1220. The van der Waals surface area contributed by atoms with Gasteiger partial charge in [0.15, 0.2) is 0 Å². The maximum atomic E-state index is 14.9. The Hall–Kier alpha value is -3.24. The number of ether oxygens (including phenoxy) is 1. The number of hydrogen-bond acceptors (Lipinski definition) is 1. The lowest BCUT2D eigenvalue weighted by Gasteiger charge is -2.27. The molecule has 0 saturated carbocycles. The number of rotatable bonds is 4. The lowest BCUT2D eigenvalue weighted by Crippen LogP contribution is -2.19. The van der Waals surface area contributed by atoms with Crippen LogP contribution in [0.4, 0.5) is 26.3 Å². The Morgan fingerprint density at radius 3 is 1.91 bits per heavy atom. The normalized spacial score (nSPS) is 18.1. The highest BCUT2D eigenvalue weighted by atomic mass is 19.2. The summed E-state index contributed by atoms with van der Waals surface area (Å²) >= 11 is 0. The van der Waals surface area contributed by atoms with Crippen LogP contribution in [0.3, 0.4) is 0 Å². The van der Waals surface area contributed by atoms with Crippen LogP contribution < -0.4 is 0 Å². The van der Waals surface area contributed by atoms with Gasteiger partial charge in [0.25, 0.3) is 0 Å². The fraction of sp³-hybridized carbons (Fsp3) is 0.259. The lowest BCUT2D eigenvalue weighted by molar-refractivity contribution is -0.00326. The van der Waals surface area contributed by atoms with Gasteiger partial charge in [0, 0.05) is 23.5 Å². The van der Waals surface area contributed by atoms with Gasteiger partial charge in [0.1, 0.15) is 34.9 Å². The first-order valence-electron chi connectivity index (χ1n) is 10.7. The zero-order valence-corrected chi connectivity index (χ0v) is 18.2. The van der Waals surface area contributed by atoms with Gasteiger partial charge < -0.3 is 4.74 Å². The van der Waals surface area contributed by atoms with Crippen molar-refractivity contribution in [3.63, 3.8) is 0 Å². The van der Waals surface area contributed by atoms with Gasteiger partial charge in [-0.25, -0.2) is 26.3 Å². The summed E-state index contributed by atoms with van der Waals surface area (Å²) in [5.41, 5.74) is -1.30. The fourth-order valence-corrected chi connectivity index (χ4v) is 4.12. The van der Waals surface area contributed by atoms with Gasteiger partial charge in [-0.05, 0) is 72.9 Å². The second-order valence-corrected chi connectivity index (χ2v) is 8.40. The summed E-state index contributed by atoms with van der Waals surface area (Å²) in [4.78, 5) is 0. The molecule has 2 unspecified atom stereocenters. The molecule has 7 heteroatoms. The maximum absolute atomic E-state index is 14.9. The van der Waals surface area contributed by atoms with Gasteiger partial charge in [0.05, 0.1) is 18.3 Å². The molecule has 0 amide bonds. The first-order valence-corrected chi connectivity index (χ1v) is 10.7. The summed E-state index contributed by atoms with van der Waals surface area (Å²) in [5.74, 6) is -3.31. The van der Waals surface area contributed by atoms with Gasteiger partial charge in [-0.15, -0.1) is 12.3 Å². The van der Waals surface area contributed by atoms with Crippen LogP contribution in [0.2, 0.25) is 0 Å². The largest absolute Gasteiger partial charge is 0.372 e. The van der Waals surface area contributed by atoms with Crippen molar-refractivity contribution in [1.82, 2.24) is 0 Å². The Morgan fingerprint density at radius 1 is 0.824 bits per heavy atom. The van der Waals surface area contributed by atoms with E-state index in [0.29, 0.717) is 12.8 Å². The smallest absolute Gasteiger partial charge is 0.134 e. The standard InChI is InChI=1S/C27H20F6O/c1-3-15-4-5-26(34-13-15)17-9-24(32)27(25(33)10-17)18-11-22(30)19(23(31)12-18)6-16-7-20(28)14(2)21(29)8-16/h1,7-12,15,26H,4-6,13H2,2H3. The van der Waals surface area contributed by atoms with E-state index in [0.717, 1.165) is 36.4 Å². The summed E-state index contributed by atoms with van der Waals surface area (Å²) in [6.07, 6.45) is 5.55. The van der Waals surface area contributed by atoms with Crippen LogP contribution in [0, 0.1) is 60.1 Å². The van der Waals surface area contributed by atoms with Crippen molar-refractivity contribution in [3.8, 4) is 23.5 Å². The molecule has 0 aliphatic carbocycles. The number of terminal acetylenes is 1. The van der Waals surface area contributed by atoms with Crippen LogP contribution in [0.25, 0.3) is 11.1 Å². The van der Waals surface area contributed by atoms with Gasteiger partial charge in [-0.1, -0.05) is 0 Å². The third-order valence-corrected chi connectivity index (χ3v) is 6.10. The minimum absolute atomic E-state index is 0.0208. The predicted octanol–water partition coefficient (Wildman–Crippen LogP) is 7.19. The molecule has 0 aromatic heterocycles. The second-order valence-electron chi connectivity index (χ2n) is 8.40. The van der Waals surface area contributed by atoms with Crippen molar-refractivity contribution in [1.29, 1.82) is 0 Å². The van der Waals surface area contributed by atoms with E-state index >= 15 is 0 Å². The van der Waals surface area contributed by atoms with Gasteiger partial charge >= 0.3 is 0 Å². The second kappa shape index (κ2) is 9.55. The quantitative estimate of drug-likeness (QED) is 0.287. The zero-order valence-electron chi connectivity index (χ0n) is 18.2. The average Bonchev–Trinajstić information content (AvgIpc) is 2.79. The van der Waals surface area contributed by atoms with Crippen LogP contribution in [-0.4, -0.2) is 6.61 Å². The molecule has 176 valence electrons. The molecule has 1 aliphatic heterocycles. The van der Waals surface area contributed by atoms with E-state index in [4.69, 9.17) is 11.2 Å². The molecule has 0 spiro atoms. The molecule has 1 aliphatic rings. The number of hydrogen-bond donors (Lipinski definition) is 0. The third kappa shape index (κ3) is 4.69. The molecule has 34 heavy (non-hydrogen) atoms. The van der Waals surface area contributed by atoms with Crippen molar-refractivity contribution >= 4 is 0 Å². The summed E-state index contributed by atoms with van der Waals surface area (Å²) in [5, 5.41) is 0. The van der Waals surface area contributed by atoms with Crippen molar-refractivity contribution in [2.75, 3.05) is 6.61 Å². The van der Waals surface area contributed by atoms with E-state index in [9.17, 15) is 26.3 Å². The minimum Gasteiger partial charge on any atom is -0.372 e.